The van der Waals surface area contributed by atoms with Crippen LogP contribution in [0.1, 0.15) is 50.8 Å². The molecule has 0 aromatic heterocycles. The van der Waals surface area contributed by atoms with Gasteiger partial charge in [-0.15, -0.1) is 0 Å². The molecule has 0 saturated carbocycles. The van der Waals surface area contributed by atoms with Gasteiger partial charge in [0.15, 0.2) is 0 Å². The van der Waals surface area contributed by atoms with Crippen LogP contribution < -0.4 is 0 Å². The van der Waals surface area contributed by atoms with E-state index in [1.54, 1.807) is 20.8 Å². The highest BCUT2D eigenvalue weighted by Crippen LogP contribution is 2.34. The van der Waals surface area contributed by atoms with Gasteiger partial charge in [0.05, 0.1) is 6.04 Å². The summed E-state index contributed by atoms with van der Waals surface area (Å²) in [4.78, 5) is 25.4. The Labute approximate surface area is 119 Å². The van der Waals surface area contributed by atoms with E-state index in [0.29, 0.717) is 12.8 Å². The number of ether oxygens (including phenoxy) is 1. The zero-order valence-corrected chi connectivity index (χ0v) is 12.5. The third kappa shape index (κ3) is 3.18. The molecule has 20 heavy (non-hydrogen) atoms. The summed E-state index contributed by atoms with van der Waals surface area (Å²) in [5.74, 6) is -0.162. The molecule has 1 aromatic carbocycles. The molecule has 4 nitrogen and oxygen atoms in total. The van der Waals surface area contributed by atoms with Crippen molar-refractivity contribution in [3.8, 4) is 0 Å². The average molecular weight is 275 g/mol. The molecule has 0 N–H and O–H groups in total. The number of benzene rings is 1. The molecule has 1 atom stereocenters. The van der Waals surface area contributed by atoms with Gasteiger partial charge < -0.3 is 4.74 Å². The van der Waals surface area contributed by atoms with Gasteiger partial charge in [0, 0.05) is 6.42 Å². The maximum Gasteiger partial charge on any atom is 0.417 e. The average Bonchev–Trinajstić information content (AvgIpc) is 2.70. The van der Waals surface area contributed by atoms with Gasteiger partial charge in [-0.3, -0.25) is 4.79 Å². The predicted octanol–water partition coefficient (Wildman–Crippen LogP) is 3.59. The second-order valence-electron chi connectivity index (χ2n) is 6.21. The van der Waals surface area contributed by atoms with Crippen LogP contribution in [0.3, 0.4) is 0 Å². The molecule has 2 rings (SSSR count). The number of likely N-dealkylation sites (tertiary alicyclic amines) is 1. The van der Waals surface area contributed by atoms with Gasteiger partial charge in [0.25, 0.3) is 0 Å². The maximum atomic E-state index is 12.2. The monoisotopic (exact) mass is 275 g/mol. The van der Waals surface area contributed by atoms with Gasteiger partial charge in [-0.25, -0.2) is 9.69 Å². The number of hydrogen-bond donors (Lipinski definition) is 0. The minimum Gasteiger partial charge on any atom is -0.443 e. The first-order valence-corrected chi connectivity index (χ1v) is 6.89. The first-order chi connectivity index (χ1) is 9.28. The zero-order chi connectivity index (χ0) is 14.9. The maximum absolute atomic E-state index is 12.2. The van der Waals surface area contributed by atoms with Crippen molar-refractivity contribution >= 4 is 12.0 Å². The Morgan fingerprint density at radius 1 is 1.25 bits per heavy atom. The topological polar surface area (TPSA) is 46.6 Å². The number of amides is 2. The van der Waals surface area contributed by atoms with Crippen LogP contribution in [0, 0.1) is 6.92 Å². The molecule has 2 amide bonds. The van der Waals surface area contributed by atoms with E-state index in [-0.39, 0.29) is 11.9 Å². The standard InChI is InChI=1S/C16H21NO3/c1-11-5-7-12(8-6-11)13-9-10-14(18)17(13)15(19)20-16(2,3)4/h5-8,13H,9-10H2,1-4H3. The Morgan fingerprint density at radius 2 is 1.85 bits per heavy atom. The number of imide groups is 1. The van der Waals surface area contributed by atoms with Crippen molar-refractivity contribution in [2.45, 2.75) is 52.2 Å². The summed E-state index contributed by atoms with van der Waals surface area (Å²) in [6, 6.07) is 7.71. The van der Waals surface area contributed by atoms with Crippen molar-refractivity contribution in [3.63, 3.8) is 0 Å². The van der Waals surface area contributed by atoms with E-state index in [2.05, 4.69) is 0 Å². The van der Waals surface area contributed by atoms with E-state index in [9.17, 15) is 9.59 Å². The van der Waals surface area contributed by atoms with Crippen molar-refractivity contribution in [1.29, 1.82) is 0 Å². The number of carbonyl (C=O) groups is 2. The van der Waals surface area contributed by atoms with Crippen LogP contribution in [0.4, 0.5) is 4.79 Å². The highest BCUT2D eigenvalue weighted by molar-refractivity contribution is 5.94. The summed E-state index contributed by atoms with van der Waals surface area (Å²) >= 11 is 0. The van der Waals surface area contributed by atoms with Gasteiger partial charge in [0.1, 0.15) is 5.60 Å². The molecular weight excluding hydrogens is 254 g/mol. The third-order valence-corrected chi connectivity index (χ3v) is 3.26. The molecule has 1 aliphatic heterocycles. The third-order valence-electron chi connectivity index (χ3n) is 3.26. The largest absolute Gasteiger partial charge is 0.443 e. The Hall–Kier alpha value is -1.84. The van der Waals surface area contributed by atoms with Crippen molar-refractivity contribution < 1.29 is 14.3 Å². The lowest BCUT2D eigenvalue weighted by Crippen LogP contribution is -2.38. The first-order valence-electron chi connectivity index (χ1n) is 6.89. The second-order valence-corrected chi connectivity index (χ2v) is 6.21. The number of rotatable bonds is 1. The van der Waals surface area contributed by atoms with Crippen molar-refractivity contribution in [2.24, 2.45) is 0 Å². The minimum absolute atomic E-state index is 0.162. The smallest absolute Gasteiger partial charge is 0.417 e. The van der Waals surface area contributed by atoms with Crippen molar-refractivity contribution in [3.05, 3.63) is 35.4 Å². The van der Waals surface area contributed by atoms with Crippen molar-refractivity contribution in [1.82, 2.24) is 4.90 Å². The van der Waals surface area contributed by atoms with Crippen molar-refractivity contribution in [2.75, 3.05) is 0 Å². The highest BCUT2D eigenvalue weighted by atomic mass is 16.6. The van der Waals surface area contributed by atoms with Crippen LogP contribution in [0.25, 0.3) is 0 Å². The molecule has 1 saturated heterocycles. The quantitative estimate of drug-likeness (QED) is 0.786. The molecule has 1 unspecified atom stereocenters. The second kappa shape index (κ2) is 5.27. The normalized spacial score (nSPS) is 19.3. The van der Waals surface area contributed by atoms with Gasteiger partial charge in [-0.05, 0) is 39.7 Å². The lowest BCUT2D eigenvalue weighted by molar-refractivity contribution is -0.128. The predicted molar refractivity (Wildman–Crippen MR) is 76.2 cm³/mol. The molecule has 0 bridgehead atoms. The summed E-state index contributed by atoms with van der Waals surface area (Å²) in [5.41, 5.74) is 1.53. The Kier molecular flexibility index (Phi) is 3.84. The molecule has 4 heteroatoms. The summed E-state index contributed by atoms with van der Waals surface area (Å²) < 4.78 is 5.33. The van der Waals surface area contributed by atoms with Crippen LogP contribution in [0.2, 0.25) is 0 Å². The number of nitrogens with zero attached hydrogens (tertiary/aromatic N) is 1. The van der Waals surface area contributed by atoms with E-state index in [4.69, 9.17) is 4.74 Å². The van der Waals surface area contributed by atoms with Crippen LogP contribution in [-0.2, 0) is 9.53 Å². The lowest BCUT2D eigenvalue weighted by Gasteiger charge is -2.27. The lowest BCUT2D eigenvalue weighted by atomic mass is 10.0. The highest BCUT2D eigenvalue weighted by Gasteiger charge is 2.39. The molecule has 1 aromatic rings. The summed E-state index contributed by atoms with van der Waals surface area (Å²) in [7, 11) is 0. The van der Waals surface area contributed by atoms with E-state index in [0.717, 1.165) is 11.1 Å². The van der Waals surface area contributed by atoms with E-state index in [1.165, 1.54) is 4.90 Å². The molecule has 0 aliphatic carbocycles. The Morgan fingerprint density at radius 3 is 2.40 bits per heavy atom. The molecule has 1 fully saturated rings. The van der Waals surface area contributed by atoms with Gasteiger partial charge in [0.2, 0.25) is 5.91 Å². The van der Waals surface area contributed by atoms with Gasteiger partial charge in [-0.1, -0.05) is 29.8 Å². The molecule has 0 radical (unpaired) electrons. The molecule has 108 valence electrons. The van der Waals surface area contributed by atoms with E-state index in [1.807, 2.05) is 31.2 Å². The summed E-state index contributed by atoms with van der Waals surface area (Å²) in [6.45, 7) is 7.40. The summed E-state index contributed by atoms with van der Waals surface area (Å²) in [6.07, 6.45) is 0.490. The van der Waals surface area contributed by atoms with Crippen LogP contribution in [0.15, 0.2) is 24.3 Å². The molecule has 0 spiro atoms. The Bertz CT molecular complexity index is 514. The number of carbonyl (C=O) groups excluding carboxylic acids is 2. The summed E-state index contributed by atoms with van der Waals surface area (Å²) in [5, 5.41) is 0. The van der Waals surface area contributed by atoms with Crippen LogP contribution in [-0.4, -0.2) is 22.5 Å². The fourth-order valence-electron chi connectivity index (χ4n) is 2.33. The molecule has 1 aliphatic rings. The van der Waals surface area contributed by atoms with Crippen LogP contribution in [0.5, 0.6) is 0 Å². The first kappa shape index (κ1) is 14.6. The van der Waals surface area contributed by atoms with Gasteiger partial charge >= 0.3 is 6.09 Å². The SMILES string of the molecule is Cc1ccc(C2CCC(=O)N2C(=O)OC(C)(C)C)cc1. The molecule has 1 heterocycles. The fraction of sp³-hybridized carbons (Fsp3) is 0.500. The zero-order valence-electron chi connectivity index (χ0n) is 12.5. The fourth-order valence-corrected chi connectivity index (χ4v) is 2.33. The minimum atomic E-state index is -0.599. The Balaban J connectivity index is 2.22. The van der Waals surface area contributed by atoms with E-state index < -0.39 is 11.7 Å². The molecular formula is C16H21NO3. The van der Waals surface area contributed by atoms with Crippen LogP contribution >= 0.6 is 0 Å². The van der Waals surface area contributed by atoms with Gasteiger partial charge in [-0.2, -0.15) is 0 Å². The number of aryl methyl sites for hydroxylation is 1. The number of hydrogen-bond acceptors (Lipinski definition) is 3. The van der Waals surface area contributed by atoms with E-state index >= 15 is 0 Å².